The first-order valence-corrected chi connectivity index (χ1v) is 5.47. The molecule has 1 aliphatic rings. The molecule has 1 fully saturated rings. The lowest BCUT2D eigenvalue weighted by Crippen LogP contribution is -2.50. The second-order valence-electron chi connectivity index (χ2n) is 4.80. The van der Waals surface area contributed by atoms with E-state index in [1.54, 1.807) is 0 Å². The van der Waals surface area contributed by atoms with Crippen LogP contribution in [-0.4, -0.2) is 18.7 Å². The third-order valence-electron chi connectivity index (χ3n) is 2.82. The largest absolute Gasteiger partial charge is 0.370 e. The van der Waals surface area contributed by atoms with Crippen molar-refractivity contribution in [2.45, 2.75) is 25.5 Å². The van der Waals surface area contributed by atoms with E-state index in [0.29, 0.717) is 12.2 Å². The smallest absolute Gasteiger partial charge is 0.0991 e. The first-order chi connectivity index (χ1) is 7.61. The molecule has 2 rings (SSSR count). The quantitative estimate of drug-likeness (QED) is 0.781. The van der Waals surface area contributed by atoms with Crippen LogP contribution >= 0.6 is 0 Å². The highest BCUT2D eigenvalue weighted by Crippen LogP contribution is 2.23. The summed E-state index contributed by atoms with van der Waals surface area (Å²) in [5.41, 5.74) is 1.87. The lowest BCUT2D eigenvalue weighted by atomic mass is 10.0. The van der Waals surface area contributed by atoms with E-state index in [1.807, 2.05) is 24.3 Å². The highest BCUT2D eigenvalue weighted by Gasteiger charge is 2.27. The molecule has 0 bridgehead atoms. The molecule has 1 aromatic carbocycles. The van der Waals surface area contributed by atoms with Crippen molar-refractivity contribution in [3.63, 3.8) is 0 Å². The molecular formula is C13H16N2O. The van der Waals surface area contributed by atoms with Crippen LogP contribution in [-0.2, 0) is 4.74 Å². The van der Waals surface area contributed by atoms with Gasteiger partial charge in [0, 0.05) is 12.1 Å². The third-order valence-corrected chi connectivity index (χ3v) is 2.82. The van der Waals surface area contributed by atoms with Crippen LogP contribution in [0.2, 0.25) is 0 Å². The van der Waals surface area contributed by atoms with Crippen LogP contribution in [0.3, 0.4) is 0 Å². The first-order valence-electron chi connectivity index (χ1n) is 5.47. The number of morpholine rings is 1. The summed E-state index contributed by atoms with van der Waals surface area (Å²) < 4.78 is 5.81. The summed E-state index contributed by atoms with van der Waals surface area (Å²) in [5, 5.41) is 12.2. The van der Waals surface area contributed by atoms with Crippen molar-refractivity contribution in [1.29, 1.82) is 5.26 Å². The van der Waals surface area contributed by atoms with Crippen LogP contribution in [0.25, 0.3) is 0 Å². The Bertz CT molecular complexity index is 393. The van der Waals surface area contributed by atoms with Gasteiger partial charge in [0.25, 0.3) is 0 Å². The minimum atomic E-state index is 0.0586. The lowest BCUT2D eigenvalue weighted by Gasteiger charge is -2.36. The Kier molecular flexibility index (Phi) is 2.95. The maximum atomic E-state index is 8.71. The Hall–Kier alpha value is -1.37. The van der Waals surface area contributed by atoms with Gasteiger partial charge in [-0.15, -0.1) is 0 Å². The molecule has 1 saturated heterocycles. The Morgan fingerprint density at radius 2 is 2.06 bits per heavy atom. The number of hydrogen-bond donors (Lipinski definition) is 1. The van der Waals surface area contributed by atoms with Crippen LogP contribution in [0.5, 0.6) is 0 Å². The first kappa shape index (κ1) is 11.1. The topological polar surface area (TPSA) is 45.0 Å². The second kappa shape index (κ2) is 4.25. The van der Waals surface area contributed by atoms with Crippen LogP contribution in [0.4, 0.5) is 0 Å². The average molecular weight is 216 g/mol. The van der Waals surface area contributed by atoms with E-state index in [2.05, 4.69) is 25.2 Å². The number of ether oxygens (including phenoxy) is 1. The highest BCUT2D eigenvalue weighted by molar-refractivity contribution is 5.32. The van der Waals surface area contributed by atoms with Gasteiger partial charge in [0.15, 0.2) is 0 Å². The monoisotopic (exact) mass is 216 g/mol. The summed E-state index contributed by atoms with van der Waals surface area (Å²) in [4.78, 5) is 0. The Balaban J connectivity index is 2.06. The van der Waals surface area contributed by atoms with Gasteiger partial charge in [0.1, 0.15) is 0 Å². The zero-order valence-electron chi connectivity index (χ0n) is 9.66. The van der Waals surface area contributed by atoms with Crippen molar-refractivity contribution in [2.24, 2.45) is 0 Å². The zero-order valence-corrected chi connectivity index (χ0v) is 9.66. The van der Waals surface area contributed by atoms with Crippen LogP contribution in [0.15, 0.2) is 24.3 Å². The molecule has 1 aliphatic heterocycles. The molecule has 1 atom stereocenters. The molecule has 3 heteroatoms. The summed E-state index contributed by atoms with van der Waals surface area (Å²) in [6.45, 7) is 5.78. The van der Waals surface area contributed by atoms with E-state index in [9.17, 15) is 0 Å². The molecule has 0 saturated carbocycles. The molecular weight excluding hydrogens is 200 g/mol. The van der Waals surface area contributed by atoms with Crippen molar-refractivity contribution in [3.8, 4) is 6.07 Å². The van der Waals surface area contributed by atoms with Gasteiger partial charge in [-0.2, -0.15) is 5.26 Å². The molecule has 16 heavy (non-hydrogen) atoms. The van der Waals surface area contributed by atoms with E-state index in [4.69, 9.17) is 10.00 Å². The van der Waals surface area contributed by atoms with Crippen molar-refractivity contribution in [1.82, 2.24) is 5.32 Å². The van der Waals surface area contributed by atoms with Crippen molar-refractivity contribution >= 4 is 0 Å². The summed E-state index contributed by atoms with van der Waals surface area (Å²) >= 11 is 0. The van der Waals surface area contributed by atoms with E-state index < -0.39 is 0 Å². The number of nitrogens with zero attached hydrogens (tertiary/aromatic N) is 1. The predicted octanol–water partition coefficient (Wildman–Crippen LogP) is 2.00. The molecule has 0 aliphatic carbocycles. The Morgan fingerprint density at radius 1 is 1.38 bits per heavy atom. The number of nitriles is 1. The van der Waals surface area contributed by atoms with Crippen LogP contribution in [0, 0.1) is 11.3 Å². The minimum Gasteiger partial charge on any atom is -0.370 e. The fraction of sp³-hybridized carbons (Fsp3) is 0.462. The molecule has 3 nitrogen and oxygen atoms in total. The molecule has 0 aromatic heterocycles. The molecule has 0 spiro atoms. The summed E-state index contributed by atoms with van der Waals surface area (Å²) in [6.07, 6.45) is 0.0979. The number of hydrogen-bond acceptors (Lipinski definition) is 3. The van der Waals surface area contributed by atoms with E-state index >= 15 is 0 Å². The number of benzene rings is 1. The van der Waals surface area contributed by atoms with Gasteiger partial charge in [0.05, 0.1) is 24.3 Å². The SMILES string of the molecule is CC1(C)COC(c2ccc(C#N)cc2)CN1. The average Bonchev–Trinajstić information content (AvgIpc) is 2.29. The summed E-state index contributed by atoms with van der Waals surface area (Å²) in [6, 6.07) is 9.70. The minimum absolute atomic E-state index is 0.0586. The Labute approximate surface area is 96.0 Å². The van der Waals surface area contributed by atoms with Crippen molar-refractivity contribution < 1.29 is 4.74 Å². The van der Waals surface area contributed by atoms with E-state index in [0.717, 1.165) is 12.1 Å². The second-order valence-corrected chi connectivity index (χ2v) is 4.80. The molecule has 84 valence electrons. The molecule has 0 amide bonds. The van der Waals surface area contributed by atoms with Crippen LogP contribution in [0.1, 0.15) is 31.1 Å². The number of rotatable bonds is 1. The maximum absolute atomic E-state index is 8.71. The summed E-state index contributed by atoms with van der Waals surface area (Å²) in [5.74, 6) is 0. The summed E-state index contributed by atoms with van der Waals surface area (Å²) in [7, 11) is 0. The van der Waals surface area contributed by atoms with Gasteiger partial charge in [-0.05, 0) is 31.5 Å². The zero-order chi connectivity index (χ0) is 11.6. The highest BCUT2D eigenvalue weighted by atomic mass is 16.5. The van der Waals surface area contributed by atoms with Gasteiger partial charge in [-0.25, -0.2) is 0 Å². The lowest BCUT2D eigenvalue weighted by molar-refractivity contribution is -0.0228. The van der Waals surface area contributed by atoms with Crippen molar-refractivity contribution in [2.75, 3.05) is 13.2 Å². The van der Waals surface area contributed by atoms with Gasteiger partial charge in [0.2, 0.25) is 0 Å². The predicted molar refractivity (Wildman–Crippen MR) is 61.9 cm³/mol. The standard InChI is InChI=1S/C13H16N2O/c1-13(2)9-16-12(8-15-13)11-5-3-10(7-14)4-6-11/h3-6,12,15H,8-9H2,1-2H3. The molecule has 1 N–H and O–H groups in total. The van der Waals surface area contributed by atoms with Gasteiger partial charge in [-0.1, -0.05) is 12.1 Å². The van der Waals surface area contributed by atoms with E-state index in [1.165, 1.54) is 0 Å². The third kappa shape index (κ3) is 2.41. The normalized spacial score (nSPS) is 23.7. The molecule has 1 unspecified atom stereocenters. The van der Waals surface area contributed by atoms with Gasteiger partial charge in [-0.3, -0.25) is 0 Å². The van der Waals surface area contributed by atoms with Crippen LogP contribution < -0.4 is 5.32 Å². The fourth-order valence-corrected chi connectivity index (χ4v) is 1.77. The maximum Gasteiger partial charge on any atom is 0.0991 e. The van der Waals surface area contributed by atoms with Gasteiger partial charge >= 0.3 is 0 Å². The molecule has 1 heterocycles. The van der Waals surface area contributed by atoms with Gasteiger partial charge < -0.3 is 10.1 Å². The Morgan fingerprint density at radius 3 is 2.56 bits per heavy atom. The molecule has 1 aromatic rings. The fourth-order valence-electron chi connectivity index (χ4n) is 1.77. The van der Waals surface area contributed by atoms with Crippen molar-refractivity contribution in [3.05, 3.63) is 35.4 Å². The number of nitrogens with one attached hydrogen (secondary N) is 1. The van der Waals surface area contributed by atoms with E-state index in [-0.39, 0.29) is 11.6 Å². The molecule has 0 radical (unpaired) electrons.